The number of methoxy groups -OCH3 is 1. The molecule has 0 bridgehead atoms. The van der Waals surface area contributed by atoms with Gasteiger partial charge in [-0.25, -0.2) is 4.79 Å². The minimum Gasteiger partial charge on any atom is -0.465 e. The summed E-state index contributed by atoms with van der Waals surface area (Å²) in [6.07, 6.45) is 6.12. The van der Waals surface area contributed by atoms with Gasteiger partial charge in [0, 0.05) is 11.0 Å². The van der Waals surface area contributed by atoms with Gasteiger partial charge in [0.05, 0.1) is 12.7 Å². The number of ether oxygens (including phenoxy) is 1. The molecule has 1 atom stereocenters. The van der Waals surface area contributed by atoms with Crippen LogP contribution in [-0.2, 0) is 22.4 Å². The highest BCUT2D eigenvalue weighted by atomic mass is 32.1. The van der Waals surface area contributed by atoms with Crippen LogP contribution in [-0.4, -0.2) is 19.0 Å². The van der Waals surface area contributed by atoms with Gasteiger partial charge in [-0.15, -0.1) is 11.3 Å². The average molecular weight is 440 g/mol. The van der Waals surface area contributed by atoms with Gasteiger partial charge in [0.15, 0.2) is 0 Å². The first kappa shape index (κ1) is 23.3. The van der Waals surface area contributed by atoms with Crippen molar-refractivity contribution in [2.24, 2.45) is 11.3 Å². The fraction of sp³-hybridized carbons (Fsp3) is 0.462. The summed E-state index contributed by atoms with van der Waals surface area (Å²) in [6.45, 7) is 11.1. The van der Waals surface area contributed by atoms with Gasteiger partial charge in [0.2, 0.25) is 5.91 Å². The quantitative estimate of drug-likeness (QED) is 0.429. The van der Waals surface area contributed by atoms with E-state index in [0.717, 1.165) is 30.4 Å². The van der Waals surface area contributed by atoms with E-state index >= 15 is 0 Å². The van der Waals surface area contributed by atoms with E-state index in [1.165, 1.54) is 35.0 Å². The number of fused-ring (bicyclic) bond motifs is 1. The first-order valence-electron chi connectivity index (χ1n) is 10.9. The normalized spacial score (nSPS) is 16.4. The lowest BCUT2D eigenvalue weighted by atomic mass is 9.72. The van der Waals surface area contributed by atoms with Crippen LogP contribution in [0.1, 0.15) is 78.9 Å². The maximum absolute atomic E-state index is 12.6. The third-order valence-electron chi connectivity index (χ3n) is 6.15. The molecule has 0 saturated carbocycles. The molecular formula is C26H33NO3S. The Morgan fingerprint density at radius 3 is 2.45 bits per heavy atom. The maximum atomic E-state index is 12.6. The summed E-state index contributed by atoms with van der Waals surface area (Å²) in [5, 5.41) is 3.52. The summed E-state index contributed by atoms with van der Waals surface area (Å²) in [5.41, 5.74) is 4.01. The Morgan fingerprint density at radius 1 is 1.19 bits per heavy atom. The predicted molar refractivity (Wildman–Crippen MR) is 129 cm³/mol. The number of thiophene rings is 1. The van der Waals surface area contributed by atoms with E-state index in [4.69, 9.17) is 4.74 Å². The predicted octanol–water partition coefficient (Wildman–Crippen LogP) is 6.46. The van der Waals surface area contributed by atoms with Crippen molar-refractivity contribution >= 4 is 34.3 Å². The van der Waals surface area contributed by atoms with Crippen molar-refractivity contribution in [3.8, 4) is 0 Å². The Hall–Kier alpha value is -2.40. The van der Waals surface area contributed by atoms with Gasteiger partial charge in [-0.2, -0.15) is 0 Å². The van der Waals surface area contributed by atoms with E-state index in [9.17, 15) is 9.59 Å². The van der Waals surface area contributed by atoms with Crippen molar-refractivity contribution < 1.29 is 14.3 Å². The molecule has 166 valence electrons. The van der Waals surface area contributed by atoms with Crippen LogP contribution in [0.5, 0.6) is 0 Å². The molecule has 1 aromatic heterocycles. The van der Waals surface area contributed by atoms with Gasteiger partial charge in [-0.05, 0) is 59.3 Å². The zero-order valence-corrected chi connectivity index (χ0v) is 20.2. The van der Waals surface area contributed by atoms with Crippen molar-refractivity contribution in [3.63, 3.8) is 0 Å². The van der Waals surface area contributed by atoms with E-state index in [-0.39, 0.29) is 17.3 Å². The molecule has 1 amide bonds. The molecular weight excluding hydrogens is 406 g/mol. The van der Waals surface area contributed by atoms with Crippen LogP contribution in [0.4, 0.5) is 5.00 Å². The fourth-order valence-corrected chi connectivity index (χ4v) is 5.37. The zero-order chi connectivity index (χ0) is 22.8. The van der Waals surface area contributed by atoms with Crippen molar-refractivity contribution in [2.45, 2.75) is 59.8 Å². The molecule has 0 radical (unpaired) electrons. The number of nitrogens with one attached hydrogen (secondary N) is 1. The number of hydrogen-bond acceptors (Lipinski definition) is 4. The Bertz CT molecular complexity index is 977. The lowest BCUT2D eigenvalue weighted by Crippen LogP contribution is -2.26. The Balaban J connectivity index is 1.79. The number of amides is 1. The SMILES string of the molecule is COC(=O)c1c(NC(=O)C=Cc2ccc(C(C)C)cc2)sc2c1CCC(C(C)(C)C)C2. The molecule has 0 fully saturated rings. The zero-order valence-electron chi connectivity index (χ0n) is 19.4. The van der Waals surface area contributed by atoms with Crippen molar-refractivity contribution in [1.29, 1.82) is 0 Å². The van der Waals surface area contributed by atoms with Crippen LogP contribution < -0.4 is 5.32 Å². The molecule has 31 heavy (non-hydrogen) atoms. The highest BCUT2D eigenvalue weighted by Crippen LogP contribution is 2.44. The minimum atomic E-state index is -0.379. The second kappa shape index (κ2) is 9.39. The molecule has 0 spiro atoms. The van der Waals surface area contributed by atoms with Gasteiger partial charge in [-0.3, -0.25) is 4.79 Å². The summed E-state index contributed by atoms with van der Waals surface area (Å²) in [4.78, 5) is 26.3. The smallest absolute Gasteiger partial charge is 0.341 e. The molecule has 0 aliphatic heterocycles. The topological polar surface area (TPSA) is 55.4 Å². The molecule has 0 saturated heterocycles. The molecule has 3 rings (SSSR count). The summed E-state index contributed by atoms with van der Waals surface area (Å²) < 4.78 is 5.04. The Morgan fingerprint density at radius 2 is 1.87 bits per heavy atom. The highest BCUT2D eigenvalue weighted by molar-refractivity contribution is 7.17. The molecule has 1 N–H and O–H groups in total. The number of carbonyl (C=O) groups is 2. The number of esters is 1. The molecule has 1 heterocycles. The van der Waals surface area contributed by atoms with Gasteiger partial charge in [0.1, 0.15) is 5.00 Å². The second-order valence-corrected chi connectivity index (χ2v) is 10.8. The summed E-state index contributed by atoms with van der Waals surface area (Å²) in [6, 6.07) is 8.18. The van der Waals surface area contributed by atoms with Crippen LogP contribution in [0.2, 0.25) is 0 Å². The van der Waals surface area contributed by atoms with Gasteiger partial charge in [-0.1, -0.05) is 58.9 Å². The van der Waals surface area contributed by atoms with Crippen LogP contribution in [0.25, 0.3) is 6.08 Å². The van der Waals surface area contributed by atoms with Gasteiger partial charge >= 0.3 is 5.97 Å². The first-order valence-corrected chi connectivity index (χ1v) is 11.7. The second-order valence-electron chi connectivity index (χ2n) is 9.65. The molecule has 4 nitrogen and oxygen atoms in total. The largest absolute Gasteiger partial charge is 0.465 e. The molecule has 1 aliphatic rings. The van der Waals surface area contributed by atoms with E-state index < -0.39 is 0 Å². The molecule has 1 unspecified atom stereocenters. The standard InChI is InChI=1S/C26H33NO3S/c1-16(2)18-10-7-17(8-11-18)9-14-22(28)27-24-23(25(29)30-6)20-13-12-19(26(3,4)5)15-21(20)31-24/h7-11,14,16,19H,12-13,15H2,1-6H3,(H,27,28). The van der Waals surface area contributed by atoms with E-state index in [2.05, 4.69) is 52.1 Å². The maximum Gasteiger partial charge on any atom is 0.341 e. The van der Waals surface area contributed by atoms with Crippen LogP contribution in [0.3, 0.4) is 0 Å². The lowest BCUT2D eigenvalue weighted by molar-refractivity contribution is -0.111. The monoisotopic (exact) mass is 439 g/mol. The van der Waals surface area contributed by atoms with Gasteiger partial charge < -0.3 is 10.1 Å². The Kier molecular flexibility index (Phi) is 7.05. The van der Waals surface area contributed by atoms with E-state index in [1.54, 1.807) is 6.08 Å². The Labute approximate surface area is 189 Å². The first-order chi connectivity index (χ1) is 14.6. The molecule has 2 aromatic rings. The third kappa shape index (κ3) is 5.45. The number of rotatable bonds is 5. The van der Waals surface area contributed by atoms with Crippen molar-refractivity contribution in [2.75, 3.05) is 12.4 Å². The summed E-state index contributed by atoms with van der Waals surface area (Å²) >= 11 is 1.51. The molecule has 1 aliphatic carbocycles. The number of carbonyl (C=O) groups excluding carboxylic acids is 2. The number of hydrogen-bond donors (Lipinski definition) is 1. The van der Waals surface area contributed by atoms with E-state index in [0.29, 0.717) is 22.4 Å². The van der Waals surface area contributed by atoms with Crippen molar-refractivity contribution in [1.82, 2.24) is 0 Å². The lowest BCUT2D eigenvalue weighted by Gasteiger charge is -2.33. The molecule has 5 heteroatoms. The van der Waals surface area contributed by atoms with Crippen LogP contribution in [0, 0.1) is 11.3 Å². The van der Waals surface area contributed by atoms with Crippen LogP contribution in [0.15, 0.2) is 30.3 Å². The summed E-state index contributed by atoms with van der Waals surface area (Å²) in [7, 11) is 1.39. The highest BCUT2D eigenvalue weighted by Gasteiger charge is 2.34. The molecule has 1 aromatic carbocycles. The van der Waals surface area contributed by atoms with E-state index in [1.807, 2.05) is 12.1 Å². The average Bonchev–Trinajstić information content (AvgIpc) is 3.08. The summed E-state index contributed by atoms with van der Waals surface area (Å²) in [5.74, 6) is 0.404. The van der Waals surface area contributed by atoms with Gasteiger partial charge in [0.25, 0.3) is 0 Å². The fourth-order valence-electron chi connectivity index (χ4n) is 4.05. The number of anilines is 1. The third-order valence-corrected chi connectivity index (χ3v) is 7.32. The number of benzene rings is 1. The van der Waals surface area contributed by atoms with Crippen molar-refractivity contribution in [3.05, 3.63) is 57.5 Å². The minimum absolute atomic E-state index is 0.213. The van der Waals surface area contributed by atoms with Crippen LogP contribution >= 0.6 is 11.3 Å².